The number of hydrogen-bond donors (Lipinski definition) is 1. The predicted octanol–water partition coefficient (Wildman–Crippen LogP) is 3.08. The van der Waals surface area contributed by atoms with Gasteiger partial charge in [-0.3, -0.25) is 14.2 Å². The van der Waals surface area contributed by atoms with Crippen molar-refractivity contribution in [2.75, 3.05) is 23.3 Å². The Kier molecular flexibility index (Phi) is 4.81. The zero-order valence-electron chi connectivity index (χ0n) is 15.6. The van der Waals surface area contributed by atoms with Crippen LogP contribution < -0.4 is 15.8 Å². The van der Waals surface area contributed by atoms with Crippen LogP contribution >= 0.6 is 0 Å². The third-order valence-corrected chi connectivity index (χ3v) is 5.06. The largest absolute Gasteiger partial charge is 0.372 e. The number of aromatic nitrogens is 2. The summed E-state index contributed by atoms with van der Waals surface area (Å²) in [6.07, 6.45) is 3.72. The van der Waals surface area contributed by atoms with E-state index in [4.69, 9.17) is 0 Å². The average molecular weight is 380 g/mol. The van der Waals surface area contributed by atoms with Crippen LogP contribution in [0.4, 0.5) is 15.8 Å². The number of amides is 1. The molecule has 1 aliphatic heterocycles. The van der Waals surface area contributed by atoms with Gasteiger partial charge in [0.15, 0.2) is 0 Å². The second-order valence-corrected chi connectivity index (χ2v) is 7.08. The summed E-state index contributed by atoms with van der Waals surface area (Å²) in [5, 5.41) is 3.00. The lowest BCUT2D eigenvalue weighted by atomic mass is 10.1. The molecule has 1 aliphatic rings. The van der Waals surface area contributed by atoms with Crippen LogP contribution in [0.3, 0.4) is 0 Å². The van der Waals surface area contributed by atoms with Gasteiger partial charge in [0.2, 0.25) is 5.91 Å². The SMILES string of the molecule is Cc1cc(N2CCCC2)ccc1NC(=O)Cn1cnc2ccc(F)cc2c1=O. The van der Waals surface area contributed by atoms with Gasteiger partial charge in [0.05, 0.1) is 17.2 Å². The number of hydrogen-bond acceptors (Lipinski definition) is 4. The fraction of sp³-hybridized carbons (Fsp3) is 0.286. The van der Waals surface area contributed by atoms with E-state index in [0.717, 1.165) is 30.4 Å². The third kappa shape index (κ3) is 3.60. The summed E-state index contributed by atoms with van der Waals surface area (Å²) in [4.78, 5) is 31.4. The van der Waals surface area contributed by atoms with Crippen LogP contribution in [0.1, 0.15) is 18.4 Å². The minimum Gasteiger partial charge on any atom is -0.372 e. The molecule has 0 atom stereocenters. The molecule has 1 fully saturated rings. The summed E-state index contributed by atoms with van der Waals surface area (Å²) < 4.78 is 14.6. The lowest BCUT2D eigenvalue weighted by Gasteiger charge is -2.19. The number of carbonyl (C=O) groups excluding carboxylic acids is 1. The molecule has 1 amide bonds. The van der Waals surface area contributed by atoms with Gasteiger partial charge in [0.1, 0.15) is 12.4 Å². The van der Waals surface area contributed by atoms with E-state index in [-0.39, 0.29) is 17.8 Å². The van der Waals surface area contributed by atoms with Gasteiger partial charge in [-0.15, -0.1) is 0 Å². The molecule has 3 aromatic rings. The van der Waals surface area contributed by atoms with E-state index < -0.39 is 11.4 Å². The number of carbonyl (C=O) groups is 1. The molecule has 0 saturated carbocycles. The van der Waals surface area contributed by atoms with Gasteiger partial charge >= 0.3 is 0 Å². The summed E-state index contributed by atoms with van der Waals surface area (Å²) in [6, 6.07) is 9.79. The van der Waals surface area contributed by atoms with E-state index in [2.05, 4.69) is 21.3 Å². The summed E-state index contributed by atoms with van der Waals surface area (Å²) >= 11 is 0. The third-order valence-electron chi connectivity index (χ3n) is 5.06. The number of aryl methyl sites for hydroxylation is 1. The first kappa shape index (κ1) is 18.2. The van der Waals surface area contributed by atoms with Crippen molar-refractivity contribution in [1.29, 1.82) is 0 Å². The van der Waals surface area contributed by atoms with Crippen LogP contribution in [0.2, 0.25) is 0 Å². The van der Waals surface area contributed by atoms with Gasteiger partial charge in [-0.05, 0) is 61.7 Å². The van der Waals surface area contributed by atoms with Crippen LogP contribution in [-0.2, 0) is 11.3 Å². The summed E-state index contributed by atoms with van der Waals surface area (Å²) in [5.41, 5.74) is 2.78. The molecular formula is C21H21FN4O2. The van der Waals surface area contributed by atoms with Crippen LogP contribution in [0.15, 0.2) is 47.5 Å². The summed E-state index contributed by atoms with van der Waals surface area (Å²) in [6.45, 7) is 3.88. The van der Waals surface area contributed by atoms with Gasteiger partial charge in [-0.2, -0.15) is 0 Å². The van der Waals surface area contributed by atoms with E-state index in [1.54, 1.807) is 0 Å². The Morgan fingerprint density at radius 3 is 2.71 bits per heavy atom. The molecule has 1 N–H and O–H groups in total. The Labute approximate surface area is 161 Å². The molecule has 6 nitrogen and oxygen atoms in total. The molecule has 0 bridgehead atoms. The van der Waals surface area contributed by atoms with E-state index >= 15 is 0 Å². The zero-order chi connectivity index (χ0) is 19.7. The lowest BCUT2D eigenvalue weighted by molar-refractivity contribution is -0.116. The number of rotatable bonds is 4. The maximum absolute atomic E-state index is 13.4. The molecule has 144 valence electrons. The molecule has 0 spiro atoms. The number of nitrogens with one attached hydrogen (secondary N) is 1. The van der Waals surface area contributed by atoms with Gasteiger partial charge in [0.25, 0.3) is 5.56 Å². The van der Waals surface area contributed by atoms with E-state index in [9.17, 15) is 14.0 Å². The minimum absolute atomic E-state index is 0.154. The van der Waals surface area contributed by atoms with Crippen molar-refractivity contribution in [3.8, 4) is 0 Å². The Hall–Kier alpha value is -3.22. The van der Waals surface area contributed by atoms with Crippen molar-refractivity contribution in [2.24, 2.45) is 0 Å². The number of benzene rings is 2. The molecule has 1 aromatic heterocycles. The second-order valence-electron chi connectivity index (χ2n) is 7.08. The van der Waals surface area contributed by atoms with Crippen molar-refractivity contribution in [3.63, 3.8) is 0 Å². The molecule has 2 heterocycles. The number of nitrogens with zero attached hydrogens (tertiary/aromatic N) is 3. The van der Waals surface area contributed by atoms with Crippen molar-refractivity contribution < 1.29 is 9.18 Å². The quantitative estimate of drug-likeness (QED) is 0.755. The van der Waals surface area contributed by atoms with Crippen molar-refractivity contribution in [3.05, 3.63) is 64.5 Å². The van der Waals surface area contributed by atoms with Crippen LogP contribution in [0.5, 0.6) is 0 Å². The topological polar surface area (TPSA) is 67.2 Å². The number of halogens is 1. The summed E-state index contributed by atoms with van der Waals surface area (Å²) in [5.74, 6) is -0.848. The molecule has 0 aliphatic carbocycles. The molecule has 7 heteroatoms. The molecule has 0 unspecified atom stereocenters. The van der Waals surface area contributed by atoms with E-state index in [0.29, 0.717) is 11.2 Å². The normalized spacial score (nSPS) is 13.9. The van der Waals surface area contributed by atoms with Crippen molar-refractivity contribution >= 4 is 28.2 Å². The van der Waals surface area contributed by atoms with Crippen LogP contribution in [0.25, 0.3) is 10.9 Å². The molecule has 0 radical (unpaired) electrons. The second kappa shape index (κ2) is 7.42. The van der Waals surface area contributed by atoms with Gasteiger partial charge in [0, 0.05) is 24.5 Å². The standard InChI is InChI=1S/C21H21FN4O2/c1-14-10-16(25-8-2-3-9-25)5-7-18(14)24-20(27)12-26-13-23-19-6-4-15(22)11-17(19)21(26)28/h4-7,10-11,13H,2-3,8-9,12H2,1H3,(H,24,27). The van der Waals surface area contributed by atoms with Crippen LogP contribution in [0, 0.1) is 12.7 Å². The van der Waals surface area contributed by atoms with Gasteiger partial charge in [-0.1, -0.05) is 0 Å². The maximum atomic E-state index is 13.4. The Morgan fingerprint density at radius 2 is 1.96 bits per heavy atom. The van der Waals surface area contributed by atoms with Crippen LogP contribution in [-0.4, -0.2) is 28.5 Å². The fourth-order valence-corrected chi connectivity index (χ4v) is 3.55. The fourth-order valence-electron chi connectivity index (χ4n) is 3.55. The molecule has 2 aromatic carbocycles. The Morgan fingerprint density at radius 1 is 1.18 bits per heavy atom. The number of anilines is 2. The molecule has 4 rings (SSSR count). The van der Waals surface area contributed by atoms with Gasteiger partial charge < -0.3 is 10.2 Å². The van der Waals surface area contributed by atoms with E-state index in [1.165, 1.54) is 35.9 Å². The average Bonchev–Trinajstić information content (AvgIpc) is 3.21. The molecular weight excluding hydrogens is 359 g/mol. The molecule has 1 saturated heterocycles. The minimum atomic E-state index is -0.512. The first-order valence-electron chi connectivity index (χ1n) is 9.31. The lowest BCUT2D eigenvalue weighted by Crippen LogP contribution is -2.28. The van der Waals surface area contributed by atoms with Crippen molar-refractivity contribution in [1.82, 2.24) is 9.55 Å². The number of fused-ring (bicyclic) bond motifs is 1. The van der Waals surface area contributed by atoms with E-state index in [1.807, 2.05) is 19.1 Å². The highest BCUT2D eigenvalue weighted by molar-refractivity contribution is 5.91. The predicted molar refractivity (Wildman–Crippen MR) is 107 cm³/mol. The monoisotopic (exact) mass is 380 g/mol. The Bertz CT molecular complexity index is 1100. The highest BCUT2D eigenvalue weighted by Gasteiger charge is 2.14. The smallest absolute Gasteiger partial charge is 0.261 e. The maximum Gasteiger partial charge on any atom is 0.261 e. The highest BCUT2D eigenvalue weighted by Crippen LogP contribution is 2.25. The first-order chi connectivity index (χ1) is 13.5. The first-order valence-corrected chi connectivity index (χ1v) is 9.31. The zero-order valence-corrected chi connectivity index (χ0v) is 15.6. The van der Waals surface area contributed by atoms with Crippen molar-refractivity contribution in [2.45, 2.75) is 26.3 Å². The van der Waals surface area contributed by atoms with Gasteiger partial charge in [-0.25, -0.2) is 9.37 Å². The summed E-state index contributed by atoms with van der Waals surface area (Å²) in [7, 11) is 0. The molecule has 28 heavy (non-hydrogen) atoms. The Balaban J connectivity index is 1.51. The highest BCUT2D eigenvalue weighted by atomic mass is 19.1.